The molecule has 0 saturated carbocycles. The quantitative estimate of drug-likeness (QED) is 0.345. The monoisotopic (exact) mass is 89.0 g/mol. The molecule has 0 atom stereocenters. The molecule has 0 amide bonds. The van der Waals surface area contributed by atoms with Gasteiger partial charge in [-0.3, -0.25) is 0 Å². The number of nitrogens with zero attached hydrogens (tertiary/aromatic N) is 1. The predicted molar refractivity (Wildman–Crippen MR) is 15.8 cm³/mol. The molecule has 0 aromatic rings. The molecule has 0 rings (SSSR count). The van der Waals surface area contributed by atoms with E-state index in [0.717, 1.165) is 6.26 Å². The SMILES string of the molecule is N#COB(O)F. The van der Waals surface area contributed by atoms with Crippen molar-refractivity contribution in [2.75, 3.05) is 0 Å². The molecule has 1 N–H and O–H groups in total. The molecule has 0 spiro atoms. The average Bonchev–Trinajstić information content (AvgIpc) is 1.35. The molecule has 0 aliphatic carbocycles. The summed E-state index contributed by atoms with van der Waals surface area (Å²) in [6.45, 7) is 0. The van der Waals surface area contributed by atoms with Crippen LogP contribution in [0.4, 0.5) is 4.32 Å². The standard InChI is InChI=1S/CHBFNO2/c3-2(5)6-1-4/h5H. The van der Waals surface area contributed by atoms with E-state index >= 15 is 0 Å². The third kappa shape index (κ3) is 3.24. The van der Waals surface area contributed by atoms with Crippen molar-refractivity contribution < 1.29 is 14.0 Å². The van der Waals surface area contributed by atoms with Gasteiger partial charge in [0.15, 0.2) is 0 Å². The van der Waals surface area contributed by atoms with Crippen LogP contribution in [0.5, 0.6) is 0 Å². The average molecular weight is 88.8 g/mol. The second-order valence-electron chi connectivity index (χ2n) is 0.501. The lowest BCUT2D eigenvalue weighted by Crippen LogP contribution is -2.05. The molecule has 3 nitrogen and oxygen atoms in total. The van der Waals surface area contributed by atoms with Gasteiger partial charge in [0.1, 0.15) is 0 Å². The second kappa shape index (κ2) is 2.48. The summed E-state index contributed by atoms with van der Waals surface area (Å²) in [7, 11) is -2.46. The lowest BCUT2D eigenvalue weighted by molar-refractivity contribution is 0.324. The molecule has 0 aromatic carbocycles. The van der Waals surface area contributed by atoms with E-state index in [0.29, 0.717) is 0 Å². The highest BCUT2D eigenvalue weighted by atomic mass is 19.1. The molecule has 0 aromatic heterocycles. The molecule has 0 heterocycles. The van der Waals surface area contributed by atoms with Gasteiger partial charge in [0, 0.05) is 0 Å². The zero-order valence-electron chi connectivity index (χ0n) is 2.76. The number of hydrogen-bond acceptors (Lipinski definition) is 3. The topological polar surface area (TPSA) is 53.2 Å². The molecular formula is CHBFNO2. The maximum absolute atomic E-state index is 10.8. The minimum Gasteiger partial charge on any atom is -0.439 e. The van der Waals surface area contributed by atoms with Crippen LogP contribution in [-0.2, 0) is 4.65 Å². The maximum Gasteiger partial charge on any atom is 0.762 e. The Bertz CT molecular complexity index is 68.4. The van der Waals surface area contributed by atoms with Crippen molar-refractivity contribution in [1.82, 2.24) is 0 Å². The van der Waals surface area contributed by atoms with Crippen LogP contribution in [0.3, 0.4) is 0 Å². The zero-order chi connectivity index (χ0) is 4.99. The minimum absolute atomic E-state index is 0.942. The van der Waals surface area contributed by atoms with Crippen LogP contribution in [0.15, 0.2) is 0 Å². The molecule has 0 unspecified atom stereocenters. The van der Waals surface area contributed by atoms with Crippen LogP contribution in [-0.4, -0.2) is 12.4 Å². The second-order valence-corrected chi connectivity index (χ2v) is 0.501. The molecule has 0 aliphatic heterocycles. The summed E-state index contributed by atoms with van der Waals surface area (Å²) < 4.78 is 14.0. The Hall–Kier alpha value is -0.755. The summed E-state index contributed by atoms with van der Waals surface area (Å²) in [6, 6.07) is 0. The van der Waals surface area contributed by atoms with Gasteiger partial charge in [-0.2, -0.15) is 5.26 Å². The van der Waals surface area contributed by atoms with Crippen LogP contribution in [0.1, 0.15) is 0 Å². The van der Waals surface area contributed by atoms with Gasteiger partial charge in [-0.05, 0) is 0 Å². The molecule has 0 bridgehead atoms. The van der Waals surface area contributed by atoms with Gasteiger partial charge in [-0.1, -0.05) is 0 Å². The van der Waals surface area contributed by atoms with Crippen molar-refractivity contribution >= 4 is 7.40 Å². The van der Waals surface area contributed by atoms with E-state index in [1.54, 1.807) is 0 Å². The molecule has 6 heavy (non-hydrogen) atoms. The molecule has 0 aliphatic rings. The molecular weight excluding hydrogens is 87.8 g/mol. The van der Waals surface area contributed by atoms with E-state index in [4.69, 9.17) is 10.3 Å². The van der Waals surface area contributed by atoms with Crippen molar-refractivity contribution in [3.63, 3.8) is 0 Å². The van der Waals surface area contributed by atoms with E-state index in [1.165, 1.54) is 0 Å². The summed E-state index contributed by atoms with van der Waals surface area (Å²) in [6.07, 6.45) is 0.942. The first kappa shape index (κ1) is 5.24. The fourth-order valence-electron chi connectivity index (χ4n) is 0.0435. The minimum atomic E-state index is -2.46. The molecule has 0 saturated heterocycles. The van der Waals surface area contributed by atoms with Crippen LogP contribution in [0, 0.1) is 11.5 Å². The highest BCUT2D eigenvalue weighted by Gasteiger charge is 2.10. The first-order valence-electron chi connectivity index (χ1n) is 1.14. The Kier molecular flexibility index (Phi) is 2.17. The largest absolute Gasteiger partial charge is 0.762 e. The summed E-state index contributed by atoms with van der Waals surface area (Å²) in [5.41, 5.74) is 0. The summed E-state index contributed by atoms with van der Waals surface area (Å²) >= 11 is 0. The van der Waals surface area contributed by atoms with Crippen molar-refractivity contribution in [3.05, 3.63) is 0 Å². The maximum atomic E-state index is 10.8. The van der Waals surface area contributed by atoms with E-state index < -0.39 is 7.40 Å². The van der Waals surface area contributed by atoms with Gasteiger partial charge >= 0.3 is 7.40 Å². The normalized spacial score (nSPS) is 6.17. The van der Waals surface area contributed by atoms with Crippen LogP contribution >= 0.6 is 0 Å². The number of halogens is 1. The van der Waals surface area contributed by atoms with Crippen LogP contribution in [0.2, 0.25) is 0 Å². The van der Waals surface area contributed by atoms with Crippen molar-refractivity contribution in [1.29, 1.82) is 5.26 Å². The van der Waals surface area contributed by atoms with E-state index in [2.05, 4.69) is 4.65 Å². The first-order chi connectivity index (χ1) is 2.77. The fourth-order valence-corrected chi connectivity index (χ4v) is 0.0435. The highest BCUT2D eigenvalue weighted by molar-refractivity contribution is 6.33. The molecule has 0 fully saturated rings. The lowest BCUT2D eigenvalue weighted by Gasteiger charge is -1.80. The summed E-state index contributed by atoms with van der Waals surface area (Å²) in [4.78, 5) is 0. The van der Waals surface area contributed by atoms with E-state index in [9.17, 15) is 4.32 Å². The van der Waals surface area contributed by atoms with Crippen LogP contribution < -0.4 is 0 Å². The Morgan fingerprint density at radius 2 is 2.50 bits per heavy atom. The van der Waals surface area contributed by atoms with Crippen molar-refractivity contribution in [3.8, 4) is 6.26 Å². The van der Waals surface area contributed by atoms with Gasteiger partial charge in [0.25, 0.3) is 6.26 Å². The first-order valence-corrected chi connectivity index (χ1v) is 1.14. The van der Waals surface area contributed by atoms with Crippen LogP contribution in [0.25, 0.3) is 0 Å². The highest BCUT2D eigenvalue weighted by Crippen LogP contribution is 1.74. The lowest BCUT2D eigenvalue weighted by atomic mass is 10.3. The van der Waals surface area contributed by atoms with Gasteiger partial charge in [0.2, 0.25) is 0 Å². The van der Waals surface area contributed by atoms with Gasteiger partial charge in [0.05, 0.1) is 0 Å². The summed E-state index contributed by atoms with van der Waals surface area (Å²) in [5, 5.41) is 14.8. The van der Waals surface area contributed by atoms with Gasteiger partial charge < -0.3 is 9.68 Å². The Labute approximate surface area is 34.1 Å². The number of nitriles is 1. The summed E-state index contributed by atoms with van der Waals surface area (Å²) in [5.74, 6) is 0. The fraction of sp³-hybridized carbons (Fsp3) is 0. The predicted octanol–water partition coefficient (Wildman–Crippen LogP) is -0.569. The van der Waals surface area contributed by atoms with Gasteiger partial charge in [-0.25, -0.2) is 4.32 Å². The molecule has 5 heteroatoms. The molecule has 32 valence electrons. The Morgan fingerprint density at radius 3 is 2.50 bits per heavy atom. The zero-order valence-corrected chi connectivity index (χ0v) is 2.76. The third-order valence-electron chi connectivity index (χ3n) is 0.150. The number of rotatable bonds is 1. The molecule has 0 radical (unpaired) electrons. The van der Waals surface area contributed by atoms with Gasteiger partial charge in [-0.15, -0.1) is 0 Å². The van der Waals surface area contributed by atoms with E-state index in [1.807, 2.05) is 0 Å². The Morgan fingerprint density at radius 1 is 2.00 bits per heavy atom. The van der Waals surface area contributed by atoms with Crippen molar-refractivity contribution in [2.45, 2.75) is 0 Å². The third-order valence-corrected chi connectivity index (χ3v) is 0.150. The van der Waals surface area contributed by atoms with E-state index in [-0.39, 0.29) is 0 Å². The Balaban J connectivity index is 2.88. The van der Waals surface area contributed by atoms with Crippen molar-refractivity contribution in [2.24, 2.45) is 0 Å². The number of hydrogen-bond donors (Lipinski definition) is 1. The smallest absolute Gasteiger partial charge is 0.439 e.